The molecule has 2 aliphatic rings. The Morgan fingerprint density at radius 1 is 1.18 bits per heavy atom. The first-order chi connectivity index (χ1) is 15.5. The third kappa shape index (κ3) is 5.60. The molecule has 3 rings (SSSR count). The van der Waals surface area contributed by atoms with Crippen LogP contribution in [0.25, 0.3) is 6.08 Å². The van der Waals surface area contributed by atoms with E-state index >= 15 is 0 Å². The molecular weight excluding hydrogens is 412 g/mol. The van der Waals surface area contributed by atoms with Gasteiger partial charge in [0.1, 0.15) is 5.75 Å². The zero-order valence-corrected chi connectivity index (χ0v) is 20.5. The van der Waals surface area contributed by atoms with E-state index in [0.29, 0.717) is 12.5 Å². The predicted molar refractivity (Wildman–Crippen MR) is 134 cm³/mol. The van der Waals surface area contributed by atoms with Gasteiger partial charge in [0.25, 0.3) is 0 Å². The van der Waals surface area contributed by atoms with Gasteiger partial charge in [-0.25, -0.2) is 4.79 Å². The van der Waals surface area contributed by atoms with E-state index in [-0.39, 0.29) is 28.5 Å². The highest BCUT2D eigenvalue weighted by atomic mass is 16.5. The molecule has 180 valence electrons. The smallest absolute Gasteiger partial charge is 0.330 e. The highest BCUT2D eigenvalue weighted by Gasteiger charge is 2.59. The Bertz CT molecular complexity index is 897. The number of ether oxygens (including phenoxy) is 1. The maximum Gasteiger partial charge on any atom is 0.330 e. The normalized spacial score (nSPS) is 33.9. The number of aliphatic hydroxyl groups is 1. The van der Waals surface area contributed by atoms with Crippen molar-refractivity contribution >= 4 is 12.0 Å². The van der Waals surface area contributed by atoms with Gasteiger partial charge >= 0.3 is 5.97 Å². The molecule has 0 saturated heterocycles. The molecule has 0 spiro atoms. The number of allylic oxidation sites excluding steroid dienone is 2. The molecule has 2 fully saturated rings. The molecule has 1 aromatic rings. The van der Waals surface area contributed by atoms with E-state index in [2.05, 4.69) is 27.0 Å². The van der Waals surface area contributed by atoms with Crippen molar-refractivity contribution in [2.45, 2.75) is 71.3 Å². The van der Waals surface area contributed by atoms with Crippen LogP contribution in [-0.2, 0) is 9.53 Å². The second-order valence-electron chi connectivity index (χ2n) is 10.9. The van der Waals surface area contributed by atoms with Crippen molar-refractivity contribution in [3.8, 4) is 5.75 Å². The standard InChI is InChI=1S/C29H40O4/c1-6-21(2)8-14-25-28(4)18-7-17-27(3,24(28)16-19-29(25,5)32)20-33-26(31)15-11-22-9-12-23(30)13-10-22/h6,9-13,15,24-25,30,32H,1-2,7-8,14,16-20H2,3-5H3. The molecule has 0 heterocycles. The average molecular weight is 453 g/mol. The minimum Gasteiger partial charge on any atom is -0.508 e. The second-order valence-corrected chi connectivity index (χ2v) is 10.9. The van der Waals surface area contributed by atoms with Crippen molar-refractivity contribution < 1.29 is 19.7 Å². The van der Waals surface area contributed by atoms with Gasteiger partial charge in [-0.1, -0.05) is 57.2 Å². The Hall–Kier alpha value is -2.33. The van der Waals surface area contributed by atoms with Crippen LogP contribution in [0.3, 0.4) is 0 Å². The molecule has 2 N–H and O–H groups in total. The number of hydrogen-bond acceptors (Lipinski definition) is 4. The Morgan fingerprint density at radius 3 is 2.55 bits per heavy atom. The summed E-state index contributed by atoms with van der Waals surface area (Å²) in [6.07, 6.45) is 11.6. The zero-order chi connectivity index (χ0) is 24.3. The number of fused-ring (bicyclic) bond motifs is 1. The third-order valence-corrected chi connectivity index (χ3v) is 8.48. The van der Waals surface area contributed by atoms with Gasteiger partial charge < -0.3 is 14.9 Å². The number of esters is 1. The monoisotopic (exact) mass is 452 g/mol. The number of phenols is 1. The summed E-state index contributed by atoms with van der Waals surface area (Å²) >= 11 is 0. The van der Waals surface area contributed by atoms with E-state index in [1.54, 1.807) is 30.3 Å². The van der Waals surface area contributed by atoms with E-state index in [1.165, 1.54) is 6.08 Å². The molecule has 0 aromatic heterocycles. The maximum atomic E-state index is 12.5. The lowest BCUT2D eigenvalue weighted by Gasteiger charge is -2.61. The van der Waals surface area contributed by atoms with Gasteiger partial charge in [0, 0.05) is 11.5 Å². The number of phenolic OH excluding ortho intramolecular Hbond substituents is 1. The van der Waals surface area contributed by atoms with Crippen LogP contribution in [0.5, 0.6) is 5.75 Å². The number of rotatable bonds is 8. The highest BCUT2D eigenvalue weighted by molar-refractivity contribution is 5.87. The van der Waals surface area contributed by atoms with Crippen molar-refractivity contribution in [2.24, 2.45) is 22.7 Å². The van der Waals surface area contributed by atoms with Crippen LogP contribution in [0.1, 0.15) is 71.3 Å². The van der Waals surface area contributed by atoms with Crippen LogP contribution in [0.2, 0.25) is 0 Å². The predicted octanol–water partition coefficient (Wildman–Crippen LogP) is 6.44. The molecule has 0 aliphatic heterocycles. The van der Waals surface area contributed by atoms with E-state index in [9.17, 15) is 15.0 Å². The van der Waals surface area contributed by atoms with Crippen molar-refractivity contribution in [1.82, 2.24) is 0 Å². The largest absolute Gasteiger partial charge is 0.508 e. The van der Waals surface area contributed by atoms with Crippen molar-refractivity contribution in [1.29, 1.82) is 0 Å². The molecular formula is C29H40O4. The quantitative estimate of drug-likeness (QED) is 0.270. The Labute approximate surface area is 199 Å². The van der Waals surface area contributed by atoms with Gasteiger partial charge in [-0.05, 0) is 86.5 Å². The summed E-state index contributed by atoms with van der Waals surface area (Å²) in [5.41, 5.74) is 1.03. The highest BCUT2D eigenvalue weighted by Crippen LogP contribution is 2.63. The van der Waals surface area contributed by atoms with Gasteiger partial charge in [0.15, 0.2) is 0 Å². The number of aromatic hydroxyl groups is 1. The molecule has 4 nitrogen and oxygen atoms in total. The molecule has 0 amide bonds. The van der Waals surface area contributed by atoms with Crippen molar-refractivity contribution in [2.75, 3.05) is 6.61 Å². The number of benzene rings is 1. The number of hydrogen-bond donors (Lipinski definition) is 2. The summed E-state index contributed by atoms with van der Waals surface area (Å²) < 4.78 is 5.76. The van der Waals surface area contributed by atoms with Crippen LogP contribution >= 0.6 is 0 Å². The van der Waals surface area contributed by atoms with Gasteiger partial charge in [0.05, 0.1) is 12.2 Å². The molecule has 2 saturated carbocycles. The minimum absolute atomic E-state index is 0.00944. The van der Waals surface area contributed by atoms with Crippen molar-refractivity contribution in [3.05, 3.63) is 60.7 Å². The first kappa shape index (κ1) is 25.3. The van der Waals surface area contributed by atoms with Gasteiger partial charge in [0.2, 0.25) is 0 Å². The van der Waals surface area contributed by atoms with Crippen LogP contribution in [0, 0.1) is 22.7 Å². The number of carbonyl (C=O) groups is 1. The van der Waals surface area contributed by atoms with Gasteiger partial charge in [-0.2, -0.15) is 0 Å². The fraction of sp³-hybridized carbons (Fsp3) is 0.552. The first-order valence-corrected chi connectivity index (χ1v) is 12.2. The van der Waals surface area contributed by atoms with E-state index in [0.717, 1.165) is 56.1 Å². The van der Waals surface area contributed by atoms with Crippen molar-refractivity contribution in [3.63, 3.8) is 0 Å². The number of carbonyl (C=O) groups excluding carboxylic acids is 1. The molecule has 5 unspecified atom stereocenters. The van der Waals surface area contributed by atoms with Crippen LogP contribution in [0.15, 0.2) is 55.1 Å². The Balaban J connectivity index is 1.71. The minimum atomic E-state index is -0.700. The summed E-state index contributed by atoms with van der Waals surface area (Å²) in [6.45, 7) is 14.9. The summed E-state index contributed by atoms with van der Waals surface area (Å²) in [7, 11) is 0. The lowest BCUT2D eigenvalue weighted by molar-refractivity contribution is -0.185. The summed E-state index contributed by atoms with van der Waals surface area (Å²) in [5.74, 6) is 0.403. The fourth-order valence-electron chi connectivity index (χ4n) is 6.71. The van der Waals surface area contributed by atoms with Crippen LogP contribution in [-0.4, -0.2) is 28.4 Å². The molecule has 5 atom stereocenters. The summed E-state index contributed by atoms with van der Waals surface area (Å²) in [4.78, 5) is 12.5. The topological polar surface area (TPSA) is 66.8 Å². The fourth-order valence-corrected chi connectivity index (χ4v) is 6.71. The van der Waals surface area contributed by atoms with E-state index in [4.69, 9.17) is 4.74 Å². The third-order valence-electron chi connectivity index (χ3n) is 8.48. The maximum absolute atomic E-state index is 12.5. The molecule has 1 aromatic carbocycles. The lowest BCUT2D eigenvalue weighted by atomic mass is 9.45. The SMILES string of the molecule is C=CC(=C)CCC1C(C)(O)CCC2C(C)(COC(=O)C=Cc3ccc(O)cc3)CCCC12C. The summed E-state index contributed by atoms with van der Waals surface area (Å²) in [5, 5.41) is 20.7. The molecule has 0 bridgehead atoms. The first-order valence-electron chi connectivity index (χ1n) is 12.2. The van der Waals surface area contributed by atoms with E-state index < -0.39 is 5.60 Å². The molecule has 4 heteroatoms. The molecule has 2 aliphatic carbocycles. The lowest BCUT2D eigenvalue weighted by Crippen LogP contribution is -2.59. The Kier molecular flexibility index (Phi) is 7.58. The average Bonchev–Trinajstić information content (AvgIpc) is 2.76. The van der Waals surface area contributed by atoms with Gasteiger partial charge in [-0.15, -0.1) is 0 Å². The second kappa shape index (κ2) is 9.89. The van der Waals surface area contributed by atoms with Crippen LogP contribution in [0.4, 0.5) is 0 Å². The zero-order valence-electron chi connectivity index (χ0n) is 20.5. The van der Waals surface area contributed by atoms with Crippen LogP contribution < -0.4 is 0 Å². The van der Waals surface area contributed by atoms with Gasteiger partial charge in [-0.3, -0.25) is 0 Å². The summed E-state index contributed by atoms with van der Waals surface area (Å²) in [6, 6.07) is 6.69. The molecule has 0 radical (unpaired) electrons. The molecule has 33 heavy (non-hydrogen) atoms. The van der Waals surface area contributed by atoms with E-state index in [1.807, 2.05) is 13.0 Å². The Morgan fingerprint density at radius 2 is 1.88 bits per heavy atom.